The van der Waals surface area contributed by atoms with E-state index in [9.17, 15) is 4.79 Å². The zero-order valence-corrected chi connectivity index (χ0v) is 16.3. The largest absolute Gasteiger partial charge is 0.366 e. The number of alkyl halides is 1. The van der Waals surface area contributed by atoms with Crippen LogP contribution in [0, 0.1) is 5.41 Å². The molecular weight excluding hydrogens is 382 g/mol. The van der Waals surface area contributed by atoms with Crippen LogP contribution in [0.3, 0.4) is 0 Å². The summed E-state index contributed by atoms with van der Waals surface area (Å²) < 4.78 is 3.42. The second kappa shape index (κ2) is 6.82. The molecule has 3 heterocycles. The molecule has 3 atom stereocenters. The number of hydrogen-bond acceptors (Lipinski definition) is 5. The number of fused-ring (bicyclic) bond motifs is 1. The molecule has 0 fully saturated rings. The van der Waals surface area contributed by atoms with Gasteiger partial charge in [0.1, 0.15) is 4.87 Å². The predicted molar refractivity (Wildman–Crippen MR) is 107 cm³/mol. The van der Waals surface area contributed by atoms with Crippen molar-refractivity contribution in [1.82, 2.24) is 19.9 Å². The summed E-state index contributed by atoms with van der Waals surface area (Å²) in [6.45, 7) is 2.91. The van der Waals surface area contributed by atoms with E-state index in [-0.39, 0.29) is 5.25 Å². The Labute approximate surface area is 166 Å². The number of halogens is 1. The number of H-pyrrole nitrogens is 1. The summed E-state index contributed by atoms with van der Waals surface area (Å²) in [5.41, 5.74) is 8.21. The van der Waals surface area contributed by atoms with Crippen molar-refractivity contribution >= 4 is 29.5 Å². The zero-order valence-electron chi connectivity index (χ0n) is 14.8. The van der Waals surface area contributed by atoms with Crippen molar-refractivity contribution in [2.45, 2.75) is 23.5 Å². The molecule has 0 saturated carbocycles. The maximum Gasteiger partial charge on any atom is 0.248 e. The monoisotopic (exact) mass is 401 g/mol. The van der Waals surface area contributed by atoms with Crippen molar-refractivity contribution in [3.63, 3.8) is 0 Å². The highest BCUT2D eigenvalue weighted by Gasteiger charge is 2.54. The summed E-state index contributed by atoms with van der Waals surface area (Å²) in [4.78, 5) is 15.3. The lowest BCUT2D eigenvalue weighted by atomic mass is 9.66. The topological polar surface area (TPSA) is 96.7 Å². The molecule has 2 aliphatic rings. The first-order valence-electron chi connectivity index (χ1n) is 8.69. The number of carbonyl (C=O) groups excluding carboxylic acids is 1. The van der Waals surface area contributed by atoms with Gasteiger partial charge in [-0.25, -0.2) is 0 Å². The molecule has 8 heteroatoms. The second-order valence-corrected chi connectivity index (χ2v) is 8.54. The van der Waals surface area contributed by atoms with Gasteiger partial charge in [0.2, 0.25) is 5.91 Å². The van der Waals surface area contributed by atoms with E-state index in [1.165, 1.54) is 0 Å². The highest BCUT2D eigenvalue weighted by atomic mass is 35.5. The molecule has 1 amide bonds. The highest BCUT2D eigenvalue weighted by Crippen LogP contribution is 2.60. The molecule has 0 spiro atoms. The van der Waals surface area contributed by atoms with Crippen LogP contribution in [0.25, 0.3) is 0 Å². The number of aromatic amines is 1. The Morgan fingerprint density at radius 1 is 1.44 bits per heavy atom. The van der Waals surface area contributed by atoms with E-state index in [2.05, 4.69) is 26.8 Å². The molecule has 3 unspecified atom stereocenters. The van der Waals surface area contributed by atoms with Crippen LogP contribution in [0.1, 0.15) is 29.1 Å². The van der Waals surface area contributed by atoms with Gasteiger partial charge in [0, 0.05) is 41.4 Å². The molecule has 6 nitrogen and oxygen atoms in total. The van der Waals surface area contributed by atoms with Gasteiger partial charge in [-0.05, 0) is 18.2 Å². The van der Waals surface area contributed by atoms with Crippen molar-refractivity contribution < 1.29 is 4.79 Å². The zero-order chi connectivity index (χ0) is 19.1. The Kier molecular flexibility index (Phi) is 4.61. The highest BCUT2D eigenvalue weighted by molar-refractivity contribution is 7.97. The van der Waals surface area contributed by atoms with E-state index in [1.807, 2.05) is 30.5 Å². The first kappa shape index (κ1) is 18.3. The number of rotatable bonds is 3. The smallest absolute Gasteiger partial charge is 0.248 e. The average Bonchev–Trinajstić information content (AvgIpc) is 3.03. The summed E-state index contributed by atoms with van der Waals surface area (Å²) >= 11 is 8.92. The third-order valence-electron chi connectivity index (χ3n) is 5.33. The first-order valence-corrected chi connectivity index (χ1v) is 9.94. The number of amides is 1. The number of nitrogens with one attached hydrogen (secondary N) is 2. The van der Waals surface area contributed by atoms with Crippen molar-refractivity contribution in [3.05, 3.63) is 71.3 Å². The third kappa shape index (κ3) is 2.90. The summed E-state index contributed by atoms with van der Waals surface area (Å²) in [5, 5.41) is 7.30. The van der Waals surface area contributed by atoms with Crippen LogP contribution < -0.4 is 10.5 Å². The van der Waals surface area contributed by atoms with E-state index in [4.69, 9.17) is 17.3 Å². The summed E-state index contributed by atoms with van der Waals surface area (Å²) in [5.74, 6) is -0.509. The molecule has 0 saturated heterocycles. The molecule has 0 aromatic carbocycles. The molecular formula is C19H20ClN5OS. The number of carbonyl (C=O) groups is 1. The molecule has 1 aliphatic heterocycles. The van der Waals surface area contributed by atoms with Gasteiger partial charge in [-0.3, -0.25) is 19.6 Å². The molecule has 27 heavy (non-hydrogen) atoms. The van der Waals surface area contributed by atoms with Crippen molar-refractivity contribution in [2.24, 2.45) is 11.1 Å². The molecule has 0 radical (unpaired) electrons. The number of aromatic nitrogens is 3. The Bertz CT molecular complexity index is 927. The number of hydrogen-bond donors (Lipinski definition) is 3. The van der Waals surface area contributed by atoms with E-state index < -0.39 is 16.2 Å². The van der Waals surface area contributed by atoms with Crippen molar-refractivity contribution in [1.29, 1.82) is 0 Å². The first-order chi connectivity index (χ1) is 13.0. The van der Waals surface area contributed by atoms with Crippen LogP contribution in [0.15, 0.2) is 54.4 Å². The van der Waals surface area contributed by atoms with Crippen molar-refractivity contribution in [3.8, 4) is 0 Å². The van der Waals surface area contributed by atoms with Gasteiger partial charge in [0.25, 0.3) is 0 Å². The molecule has 2 aromatic rings. The maximum absolute atomic E-state index is 11.9. The Hall–Kier alpha value is -2.09. The predicted octanol–water partition coefficient (Wildman–Crippen LogP) is 2.76. The lowest BCUT2D eigenvalue weighted by Crippen LogP contribution is -2.44. The average molecular weight is 402 g/mol. The van der Waals surface area contributed by atoms with Crippen LogP contribution >= 0.6 is 23.5 Å². The Morgan fingerprint density at radius 2 is 2.30 bits per heavy atom. The van der Waals surface area contributed by atoms with Gasteiger partial charge in [-0.2, -0.15) is 5.10 Å². The molecule has 4 rings (SSSR count). The van der Waals surface area contributed by atoms with Crippen LogP contribution in [0.4, 0.5) is 0 Å². The fourth-order valence-electron chi connectivity index (χ4n) is 3.74. The SMILES string of the molecule is CC1(C2SNCCc3[nH]ncc32)C=CC(C(N)=O)=CC1(Cl)c1ccccn1. The molecule has 0 bridgehead atoms. The molecule has 1 aliphatic carbocycles. The summed E-state index contributed by atoms with van der Waals surface area (Å²) in [7, 11) is 0. The molecule has 140 valence electrons. The number of nitrogens with two attached hydrogens (primary N) is 1. The Morgan fingerprint density at radius 3 is 3.04 bits per heavy atom. The van der Waals surface area contributed by atoms with Crippen LogP contribution in [0.2, 0.25) is 0 Å². The normalized spacial score (nSPS) is 30.3. The lowest BCUT2D eigenvalue weighted by Gasteiger charge is -2.47. The lowest BCUT2D eigenvalue weighted by molar-refractivity contribution is -0.114. The molecule has 2 aromatic heterocycles. The van der Waals surface area contributed by atoms with Crippen LogP contribution in [-0.2, 0) is 16.1 Å². The second-order valence-electron chi connectivity index (χ2n) is 6.95. The van der Waals surface area contributed by atoms with Gasteiger partial charge in [0.05, 0.1) is 17.1 Å². The number of allylic oxidation sites excluding steroid dienone is 2. The summed E-state index contributed by atoms with van der Waals surface area (Å²) in [6.07, 6.45) is 9.91. The standard InChI is InChI=1S/C19H20ClN5OS/c1-18(16-13-11-23-25-14(13)6-9-24-27-16)7-5-12(17(21)26)10-19(18,20)15-4-2-3-8-22-15/h2-5,7-8,10-11,16,24H,6,9H2,1H3,(H2,21,26)(H,23,25). The van der Waals surface area contributed by atoms with Gasteiger partial charge >= 0.3 is 0 Å². The van der Waals surface area contributed by atoms with Gasteiger partial charge < -0.3 is 5.73 Å². The minimum atomic E-state index is -1.05. The Balaban J connectivity index is 1.90. The van der Waals surface area contributed by atoms with E-state index >= 15 is 0 Å². The fourth-order valence-corrected chi connectivity index (χ4v) is 5.43. The maximum atomic E-state index is 11.9. The fraction of sp³-hybridized carbons (Fsp3) is 0.316. The number of nitrogens with zero attached hydrogens (tertiary/aromatic N) is 2. The minimum Gasteiger partial charge on any atom is -0.366 e. The quantitative estimate of drug-likeness (QED) is 0.542. The molecule has 4 N–H and O–H groups in total. The third-order valence-corrected chi connectivity index (χ3v) is 7.39. The van der Waals surface area contributed by atoms with E-state index in [0.29, 0.717) is 11.3 Å². The van der Waals surface area contributed by atoms with Gasteiger partial charge in [-0.15, -0.1) is 11.6 Å². The van der Waals surface area contributed by atoms with E-state index in [0.717, 1.165) is 24.2 Å². The number of primary amides is 1. The van der Waals surface area contributed by atoms with Crippen LogP contribution in [0.5, 0.6) is 0 Å². The van der Waals surface area contributed by atoms with Crippen LogP contribution in [-0.4, -0.2) is 27.6 Å². The minimum absolute atomic E-state index is 0.0461. The van der Waals surface area contributed by atoms with Gasteiger partial charge in [0.15, 0.2) is 0 Å². The van der Waals surface area contributed by atoms with Gasteiger partial charge in [-0.1, -0.05) is 37.1 Å². The van der Waals surface area contributed by atoms with Crippen molar-refractivity contribution in [2.75, 3.05) is 6.54 Å². The summed E-state index contributed by atoms with van der Waals surface area (Å²) in [6, 6.07) is 5.62. The van der Waals surface area contributed by atoms with E-state index in [1.54, 1.807) is 30.3 Å². The number of pyridine rings is 1.